The van der Waals surface area contributed by atoms with Crippen molar-refractivity contribution in [1.82, 2.24) is 9.88 Å². The lowest BCUT2D eigenvalue weighted by Gasteiger charge is -2.26. The van der Waals surface area contributed by atoms with Gasteiger partial charge in [-0.2, -0.15) is 0 Å². The number of aromatic nitrogens is 1. The van der Waals surface area contributed by atoms with Crippen LogP contribution in [0, 0.1) is 20.8 Å². The van der Waals surface area contributed by atoms with E-state index in [0.29, 0.717) is 31.9 Å². The Morgan fingerprint density at radius 1 is 1.08 bits per heavy atom. The second-order valence-electron chi connectivity index (χ2n) is 6.56. The number of carbonyl (C=O) groups is 2. The first-order valence-corrected chi connectivity index (χ1v) is 8.68. The van der Waals surface area contributed by atoms with Crippen molar-refractivity contribution in [3.63, 3.8) is 0 Å². The fraction of sp³-hybridized carbons (Fsp3) is 0.350. The third-order valence-corrected chi connectivity index (χ3v) is 4.46. The zero-order valence-corrected chi connectivity index (χ0v) is 15.3. The summed E-state index contributed by atoms with van der Waals surface area (Å²) in [5, 5.41) is 2.96. The van der Waals surface area contributed by atoms with Gasteiger partial charge in [0.25, 0.3) is 11.8 Å². The summed E-state index contributed by atoms with van der Waals surface area (Å²) in [5.74, 6) is -0.427. The highest BCUT2D eigenvalue weighted by molar-refractivity contribution is 6.06. The summed E-state index contributed by atoms with van der Waals surface area (Å²) in [6.07, 6.45) is 1.50. The molecule has 2 amide bonds. The summed E-state index contributed by atoms with van der Waals surface area (Å²) in [6.45, 7) is 8.09. The van der Waals surface area contributed by atoms with Gasteiger partial charge in [0, 0.05) is 30.5 Å². The number of hydrogen-bond donors (Lipinski definition) is 1. The van der Waals surface area contributed by atoms with E-state index < -0.39 is 0 Å². The highest BCUT2D eigenvalue weighted by Crippen LogP contribution is 2.22. The SMILES string of the molecule is Cc1cc(C)c(NC(=O)c2ccnc(C(=O)N3CCOCC3)c2)c(C)c1. The maximum absolute atomic E-state index is 12.7. The number of benzene rings is 1. The summed E-state index contributed by atoms with van der Waals surface area (Å²) in [4.78, 5) is 31.1. The zero-order valence-electron chi connectivity index (χ0n) is 15.3. The predicted octanol–water partition coefficient (Wildman–Crippen LogP) is 2.73. The van der Waals surface area contributed by atoms with Crippen molar-refractivity contribution in [2.75, 3.05) is 31.6 Å². The van der Waals surface area contributed by atoms with Gasteiger partial charge >= 0.3 is 0 Å². The molecule has 0 bridgehead atoms. The van der Waals surface area contributed by atoms with E-state index in [2.05, 4.69) is 10.3 Å². The Labute approximate surface area is 153 Å². The predicted molar refractivity (Wildman–Crippen MR) is 99.6 cm³/mol. The highest BCUT2D eigenvalue weighted by atomic mass is 16.5. The molecule has 0 aliphatic carbocycles. The number of nitrogens with one attached hydrogen (secondary N) is 1. The van der Waals surface area contributed by atoms with Crippen molar-refractivity contribution in [3.8, 4) is 0 Å². The van der Waals surface area contributed by atoms with E-state index in [1.165, 1.54) is 6.20 Å². The second kappa shape index (κ2) is 7.66. The van der Waals surface area contributed by atoms with Gasteiger partial charge in [-0.15, -0.1) is 0 Å². The van der Waals surface area contributed by atoms with Crippen LogP contribution in [0.3, 0.4) is 0 Å². The van der Waals surface area contributed by atoms with E-state index in [1.807, 2.05) is 32.9 Å². The molecule has 2 aromatic rings. The molecule has 1 saturated heterocycles. The zero-order chi connectivity index (χ0) is 18.7. The molecule has 1 aromatic heterocycles. The monoisotopic (exact) mass is 353 g/mol. The number of amides is 2. The van der Waals surface area contributed by atoms with Gasteiger partial charge in [-0.3, -0.25) is 14.6 Å². The van der Waals surface area contributed by atoms with E-state index in [0.717, 1.165) is 22.4 Å². The maximum atomic E-state index is 12.7. The molecule has 1 aliphatic rings. The highest BCUT2D eigenvalue weighted by Gasteiger charge is 2.21. The average Bonchev–Trinajstić information content (AvgIpc) is 2.64. The molecule has 1 N–H and O–H groups in total. The lowest BCUT2D eigenvalue weighted by molar-refractivity contribution is 0.0299. The lowest BCUT2D eigenvalue weighted by Crippen LogP contribution is -2.41. The molecule has 26 heavy (non-hydrogen) atoms. The van der Waals surface area contributed by atoms with Gasteiger partial charge < -0.3 is 15.0 Å². The first kappa shape index (κ1) is 18.1. The molecule has 0 radical (unpaired) electrons. The minimum Gasteiger partial charge on any atom is -0.378 e. The largest absolute Gasteiger partial charge is 0.378 e. The number of nitrogens with zero attached hydrogens (tertiary/aromatic N) is 2. The van der Waals surface area contributed by atoms with Gasteiger partial charge in [0.05, 0.1) is 13.2 Å². The van der Waals surface area contributed by atoms with E-state index in [9.17, 15) is 9.59 Å². The molecule has 0 spiro atoms. The summed E-state index contributed by atoms with van der Waals surface area (Å²) in [7, 11) is 0. The summed E-state index contributed by atoms with van der Waals surface area (Å²) >= 11 is 0. The topological polar surface area (TPSA) is 71.5 Å². The maximum Gasteiger partial charge on any atom is 0.272 e. The van der Waals surface area contributed by atoms with E-state index in [4.69, 9.17) is 4.74 Å². The van der Waals surface area contributed by atoms with Crippen LogP contribution in [0.25, 0.3) is 0 Å². The molecular formula is C20H23N3O3. The number of hydrogen-bond acceptors (Lipinski definition) is 4. The Morgan fingerprint density at radius 2 is 1.73 bits per heavy atom. The number of pyridine rings is 1. The third-order valence-electron chi connectivity index (χ3n) is 4.46. The molecule has 1 aliphatic heterocycles. The van der Waals surface area contributed by atoms with Crippen molar-refractivity contribution < 1.29 is 14.3 Å². The first-order valence-electron chi connectivity index (χ1n) is 8.68. The number of rotatable bonds is 3. The Kier molecular flexibility index (Phi) is 5.32. The fourth-order valence-electron chi connectivity index (χ4n) is 3.18. The Bertz CT molecular complexity index is 819. The van der Waals surface area contributed by atoms with E-state index in [-0.39, 0.29) is 17.5 Å². The van der Waals surface area contributed by atoms with Gasteiger partial charge in [-0.05, 0) is 44.0 Å². The molecule has 0 saturated carbocycles. The van der Waals surface area contributed by atoms with Gasteiger partial charge in [0.1, 0.15) is 5.69 Å². The molecule has 6 nitrogen and oxygen atoms in total. The van der Waals surface area contributed by atoms with Gasteiger partial charge in [-0.1, -0.05) is 17.7 Å². The minimum atomic E-state index is -0.251. The van der Waals surface area contributed by atoms with E-state index >= 15 is 0 Å². The summed E-state index contributed by atoms with van der Waals surface area (Å²) in [5.41, 5.74) is 4.66. The molecule has 6 heteroatoms. The Hall–Kier alpha value is -2.73. The quantitative estimate of drug-likeness (QED) is 0.921. The normalized spacial score (nSPS) is 14.2. The van der Waals surface area contributed by atoms with Crippen LogP contribution in [0.5, 0.6) is 0 Å². The van der Waals surface area contributed by atoms with Crippen LogP contribution < -0.4 is 5.32 Å². The fourth-order valence-corrected chi connectivity index (χ4v) is 3.18. The molecule has 2 heterocycles. The molecular weight excluding hydrogens is 330 g/mol. The van der Waals surface area contributed by atoms with Crippen LogP contribution in [0.1, 0.15) is 37.5 Å². The van der Waals surface area contributed by atoms with Crippen LogP contribution in [0.15, 0.2) is 30.5 Å². The minimum absolute atomic E-state index is 0.175. The van der Waals surface area contributed by atoms with Crippen LogP contribution in [-0.4, -0.2) is 48.0 Å². The number of aryl methyl sites for hydroxylation is 3. The van der Waals surface area contributed by atoms with Crippen LogP contribution >= 0.6 is 0 Å². The molecule has 1 aromatic carbocycles. The van der Waals surface area contributed by atoms with Crippen molar-refractivity contribution in [2.45, 2.75) is 20.8 Å². The molecule has 0 unspecified atom stereocenters. The molecule has 136 valence electrons. The first-order chi connectivity index (χ1) is 12.5. The number of carbonyl (C=O) groups excluding carboxylic acids is 2. The van der Waals surface area contributed by atoms with Crippen LogP contribution in [0.4, 0.5) is 5.69 Å². The van der Waals surface area contributed by atoms with Crippen molar-refractivity contribution >= 4 is 17.5 Å². The Balaban J connectivity index is 1.79. The lowest BCUT2D eigenvalue weighted by atomic mass is 10.0. The molecule has 0 atom stereocenters. The number of morpholine rings is 1. The number of anilines is 1. The van der Waals surface area contributed by atoms with Crippen molar-refractivity contribution in [2.24, 2.45) is 0 Å². The summed E-state index contributed by atoms with van der Waals surface area (Å²) in [6, 6.07) is 7.22. The molecule has 1 fully saturated rings. The third kappa shape index (κ3) is 3.91. The molecule has 3 rings (SSSR count). The smallest absolute Gasteiger partial charge is 0.272 e. The van der Waals surface area contributed by atoms with E-state index in [1.54, 1.807) is 17.0 Å². The second-order valence-corrected chi connectivity index (χ2v) is 6.56. The van der Waals surface area contributed by atoms with Gasteiger partial charge in [0.15, 0.2) is 0 Å². The van der Waals surface area contributed by atoms with Gasteiger partial charge in [-0.25, -0.2) is 0 Å². The van der Waals surface area contributed by atoms with Crippen LogP contribution in [-0.2, 0) is 4.74 Å². The Morgan fingerprint density at radius 3 is 2.38 bits per heavy atom. The van der Waals surface area contributed by atoms with Gasteiger partial charge in [0.2, 0.25) is 0 Å². The summed E-state index contributed by atoms with van der Waals surface area (Å²) < 4.78 is 5.27. The van der Waals surface area contributed by atoms with Crippen molar-refractivity contribution in [1.29, 1.82) is 0 Å². The van der Waals surface area contributed by atoms with Crippen LogP contribution in [0.2, 0.25) is 0 Å². The van der Waals surface area contributed by atoms with Crippen molar-refractivity contribution in [3.05, 3.63) is 58.4 Å². The standard InChI is InChI=1S/C20H23N3O3/c1-13-10-14(2)18(15(3)11-13)22-19(24)16-4-5-21-17(12-16)20(25)23-6-8-26-9-7-23/h4-5,10-12H,6-9H2,1-3H3,(H,22,24). The average molecular weight is 353 g/mol. The number of ether oxygens (including phenoxy) is 1.